The summed E-state index contributed by atoms with van der Waals surface area (Å²) in [6.45, 7) is 6.39. The third kappa shape index (κ3) is 7.01. The number of pyridine rings is 1. The lowest BCUT2D eigenvalue weighted by atomic mass is 10.2. The Kier molecular flexibility index (Phi) is 9.96. The van der Waals surface area contributed by atoms with E-state index in [1.165, 1.54) is 31.2 Å². The van der Waals surface area contributed by atoms with Crippen molar-refractivity contribution in [2.24, 2.45) is 4.99 Å². The Morgan fingerprint density at radius 1 is 1.24 bits per heavy atom. The lowest BCUT2D eigenvalue weighted by Gasteiger charge is -2.22. The number of nitrogens with one attached hydrogen (secondary N) is 2. The minimum absolute atomic E-state index is 0. The van der Waals surface area contributed by atoms with Gasteiger partial charge in [0.15, 0.2) is 5.96 Å². The fraction of sp³-hybridized carbons (Fsp3) is 0.667. The van der Waals surface area contributed by atoms with E-state index >= 15 is 0 Å². The highest BCUT2D eigenvalue weighted by Gasteiger charge is 2.25. The molecule has 3 rings (SSSR count). The summed E-state index contributed by atoms with van der Waals surface area (Å²) in [5.41, 5.74) is 1.20. The van der Waals surface area contributed by atoms with Gasteiger partial charge < -0.3 is 20.4 Å². The van der Waals surface area contributed by atoms with Gasteiger partial charge in [0.25, 0.3) is 0 Å². The van der Waals surface area contributed by atoms with E-state index in [0.29, 0.717) is 13.0 Å². The summed E-state index contributed by atoms with van der Waals surface area (Å²) in [7, 11) is 1.79. The maximum absolute atomic E-state index is 11.9. The predicted molar refractivity (Wildman–Crippen MR) is 129 cm³/mol. The van der Waals surface area contributed by atoms with Crippen LogP contribution in [-0.4, -0.2) is 61.0 Å². The van der Waals surface area contributed by atoms with Gasteiger partial charge in [0.05, 0.1) is 0 Å². The summed E-state index contributed by atoms with van der Waals surface area (Å²) in [4.78, 5) is 25.1. The predicted octanol–water partition coefficient (Wildman–Crippen LogP) is 2.76. The molecule has 1 aromatic rings. The summed E-state index contributed by atoms with van der Waals surface area (Å²) in [6, 6.07) is 4.49. The molecule has 0 radical (unpaired) electrons. The molecule has 1 aromatic heterocycles. The Bertz CT molecular complexity index is 675. The van der Waals surface area contributed by atoms with E-state index in [0.717, 1.165) is 44.4 Å². The van der Waals surface area contributed by atoms with E-state index in [1.807, 2.05) is 18.0 Å². The Morgan fingerprint density at radius 3 is 2.69 bits per heavy atom. The Balaban J connectivity index is 0.00000300. The molecule has 2 fully saturated rings. The van der Waals surface area contributed by atoms with E-state index in [-0.39, 0.29) is 35.9 Å². The van der Waals surface area contributed by atoms with Gasteiger partial charge in [0.1, 0.15) is 5.82 Å². The van der Waals surface area contributed by atoms with Crippen LogP contribution in [0.1, 0.15) is 51.0 Å². The number of aromatic nitrogens is 1. The average Bonchev–Trinajstić information content (AvgIpc) is 3.02. The third-order valence-electron chi connectivity index (χ3n) is 5.61. The third-order valence-corrected chi connectivity index (χ3v) is 5.61. The molecular formula is C21H35IN6O. The van der Waals surface area contributed by atoms with Crippen molar-refractivity contribution in [3.63, 3.8) is 0 Å². The number of rotatable bonds is 5. The van der Waals surface area contributed by atoms with E-state index in [2.05, 4.69) is 37.6 Å². The van der Waals surface area contributed by atoms with Crippen LogP contribution in [0.4, 0.5) is 5.82 Å². The van der Waals surface area contributed by atoms with E-state index in [9.17, 15) is 4.79 Å². The van der Waals surface area contributed by atoms with Crippen LogP contribution < -0.4 is 15.5 Å². The number of amides is 1. The van der Waals surface area contributed by atoms with E-state index in [1.54, 1.807) is 7.05 Å². The van der Waals surface area contributed by atoms with Gasteiger partial charge in [-0.2, -0.15) is 0 Å². The fourth-order valence-corrected chi connectivity index (χ4v) is 3.95. The number of nitrogens with zero attached hydrogens (tertiary/aromatic N) is 4. The van der Waals surface area contributed by atoms with Crippen molar-refractivity contribution in [2.75, 3.05) is 38.1 Å². The normalized spacial score (nSPS) is 20.1. The summed E-state index contributed by atoms with van der Waals surface area (Å²) in [5, 5.41) is 6.85. The molecule has 8 heteroatoms. The lowest BCUT2D eigenvalue weighted by Crippen LogP contribution is -2.44. The van der Waals surface area contributed by atoms with E-state index in [4.69, 9.17) is 0 Å². The standard InChI is InChI=1S/C21H34N6O.HI/c1-3-20(28)27-13-9-18(16-27)25-21(22-2)24-15-17-8-10-23-19(14-17)26-11-6-4-5-7-12-26;/h8,10,14,18H,3-7,9,11-13,15-16H2,1-2H3,(H2,22,24,25);1H. The van der Waals surface area contributed by atoms with Crippen molar-refractivity contribution >= 4 is 41.7 Å². The van der Waals surface area contributed by atoms with Gasteiger partial charge >= 0.3 is 0 Å². The second-order valence-corrected chi connectivity index (χ2v) is 7.67. The molecule has 0 bridgehead atoms. The van der Waals surface area contributed by atoms with Crippen LogP contribution in [0, 0.1) is 0 Å². The van der Waals surface area contributed by atoms with Crippen LogP contribution >= 0.6 is 24.0 Å². The molecule has 1 amide bonds. The van der Waals surface area contributed by atoms with Gasteiger partial charge in [-0.25, -0.2) is 4.98 Å². The Hall–Kier alpha value is -1.58. The first kappa shape index (κ1) is 23.7. The summed E-state index contributed by atoms with van der Waals surface area (Å²) in [5.74, 6) is 2.09. The molecule has 0 saturated carbocycles. The molecule has 2 saturated heterocycles. The first-order valence-electron chi connectivity index (χ1n) is 10.6. The number of aliphatic imine (C=N–C) groups is 1. The fourth-order valence-electron chi connectivity index (χ4n) is 3.95. The molecule has 29 heavy (non-hydrogen) atoms. The largest absolute Gasteiger partial charge is 0.357 e. The Labute approximate surface area is 191 Å². The zero-order valence-electron chi connectivity index (χ0n) is 17.7. The number of hydrogen-bond acceptors (Lipinski definition) is 4. The molecule has 2 aliphatic rings. The highest BCUT2D eigenvalue weighted by Crippen LogP contribution is 2.18. The van der Waals surface area contributed by atoms with Crippen LogP contribution in [0.3, 0.4) is 0 Å². The Morgan fingerprint density at radius 2 is 2.00 bits per heavy atom. The monoisotopic (exact) mass is 514 g/mol. The maximum Gasteiger partial charge on any atom is 0.222 e. The number of halogens is 1. The molecule has 0 aromatic carbocycles. The molecule has 2 N–H and O–H groups in total. The summed E-state index contributed by atoms with van der Waals surface area (Å²) >= 11 is 0. The molecule has 0 spiro atoms. The van der Waals surface area contributed by atoms with Gasteiger partial charge in [-0.05, 0) is 37.0 Å². The molecule has 1 unspecified atom stereocenters. The van der Waals surface area contributed by atoms with Crippen LogP contribution in [0.15, 0.2) is 23.3 Å². The molecule has 1 atom stereocenters. The smallest absolute Gasteiger partial charge is 0.222 e. The number of carbonyl (C=O) groups excluding carboxylic acids is 1. The quantitative estimate of drug-likeness (QED) is 0.359. The molecule has 2 aliphatic heterocycles. The number of guanidine groups is 1. The SMILES string of the molecule is CCC(=O)N1CCC(NC(=NC)NCc2ccnc(N3CCCCCC3)c2)C1.I. The molecule has 0 aliphatic carbocycles. The molecular weight excluding hydrogens is 479 g/mol. The first-order chi connectivity index (χ1) is 13.7. The topological polar surface area (TPSA) is 72.9 Å². The first-order valence-corrected chi connectivity index (χ1v) is 10.6. The average molecular weight is 514 g/mol. The minimum atomic E-state index is 0. The number of carbonyl (C=O) groups is 1. The molecule has 7 nitrogen and oxygen atoms in total. The second-order valence-electron chi connectivity index (χ2n) is 7.67. The van der Waals surface area contributed by atoms with Crippen LogP contribution in [0.2, 0.25) is 0 Å². The highest BCUT2D eigenvalue weighted by atomic mass is 127. The van der Waals surface area contributed by atoms with Crippen molar-refractivity contribution in [1.82, 2.24) is 20.5 Å². The van der Waals surface area contributed by atoms with Crippen molar-refractivity contribution in [3.05, 3.63) is 23.9 Å². The minimum Gasteiger partial charge on any atom is -0.357 e. The van der Waals surface area contributed by atoms with Gasteiger partial charge in [-0.1, -0.05) is 19.8 Å². The van der Waals surface area contributed by atoms with Gasteiger partial charge in [0, 0.05) is 58.4 Å². The number of anilines is 1. The van der Waals surface area contributed by atoms with Gasteiger partial charge in [-0.3, -0.25) is 9.79 Å². The van der Waals surface area contributed by atoms with Crippen LogP contribution in [0.5, 0.6) is 0 Å². The molecule has 162 valence electrons. The van der Waals surface area contributed by atoms with Crippen molar-refractivity contribution in [3.8, 4) is 0 Å². The van der Waals surface area contributed by atoms with Crippen LogP contribution in [0.25, 0.3) is 0 Å². The van der Waals surface area contributed by atoms with Crippen molar-refractivity contribution in [2.45, 2.75) is 58.0 Å². The van der Waals surface area contributed by atoms with Gasteiger partial charge in [0.2, 0.25) is 5.91 Å². The van der Waals surface area contributed by atoms with Crippen molar-refractivity contribution < 1.29 is 4.79 Å². The summed E-state index contributed by atoms with van der Waals surface area (Å²) in [6.07, 6.45) is 8.57. The van der Waals surface area contributed by atoms with Crippen LogP contribution in [-0.2, 0) is 11.3 Å². The number of likely N-dealkylation sites (tertiary alicyclic amines) is 1. The van der Waals surface area contributed by atoms with Crippen molar-refractivity contribution in [1.29, 1.82) is 0 Å². The zero-order chi connectivity index (χ0) is 19.8. The summed E-state index contributed by atoms with van der Waals surface area (Å²) < 4.78 is 0. The maximum atomic E-state index is 11.9. The number of hydrogen-bond donors (Lipinski definition) is 2. The van der Waals surface area contributed by atoms with Gasteiger partial charge in [-0.15, -0.1) is 24.0 Å². The van der Waals surface area contributed by atoms with E-state index < -0.39 is 0 Å². The molecule has 3 heterocycles. The zero-order valence-corrected chi connectivity index (χ0v) is 20.0. The highest BCUT2D eigenvalue weighted by molar-refractivity contribution is 14.0. The lowest BCUT2D eigenvalue weighted by molar-refractivity contribution is -0.129. The second kappa shape index (κ2) is 12.2.